The summed E-state index contributed by atoms with van der Waals surface area (Å²) in [4.78, 5) is 11.2. The van der Waals surface area contributed by atoms with Gasteiger partial charge in [-0.25, -0.2) is 4.79 Å². The normalized spacial score (nSPS) is 11.2. The number of hydrogen-bond donors (Lipinski definition) is 0. The van der Waals surface area contributed by atoms with Crippen LogP contribution in [-0.2, 0) is 20.8 Å². The molecule has 1 rings (SSSR count). The maximum Gasteiger partial charge on any atom is 0.441 e. The van der Waals surface area contributed by atoms with E-state index in [1.54, 1.807) is 6.92 Å². The van der Waals surface area contributed by atoms with Crippen molar-refractivity contribution in [3.05, 3.63) is 34.8 Å². The van der Waals surface area contributed by atoms with Crippen molar-refractivity contribution >= 4 is 10.1 Å². The van der Waals surface area contributed by atoms with E-state index in [4.69, 9.17) is 4.18 Å². The van der Waals surface area contributed by atoms with Crippen LogP contribution in [-0.4, -0.2) is 30.5 Å². The zero-order chi connectivity index (χ0) is 15.0. The molecule has 1 aromatic heterocycles. The average molecular weight is 302 g/mol. The van der Waals surface area contributed by atoms with E-state index in [0.717, 1.165) is 12.8 Å². The lowest BCUT2D eigenvalue weighted by molar-refractivity contribution is 0.306. The van der Waals surface area contributed by atoms with E-state index in [9.17, 15) is 13.2 Å². The van der Waals surface area contributed by atoms with Gasteiger partial charge < -0.3 is 0 Å². The summed E-state index contributed by atoms with van der Waals surface area (Å²) in [7, 11) is -3.53. The van der Waals surface area contributed by atoms with Gasteiger partial charge in [-0.15, -0.1) is 5.73 Å². The van der Waals surface area contributed by atoms with Gasteiger partial charge in [0.25, 0.3) is 10.1 Å². The summed E-state index contributed by atoms with van der Waals surface area (Å²) in [6.07, 6.45) is 3.36. The molecule has 0 saturated heterocycles. The fourth-order valence-corrected chi connectivity index (χ4v) is 2.32. The molecule has 0 aromatic carbocycles. The Hall–Kier alpha value is -1.63. The first-order chi connectivity index (χ1) is 9.46. The highest BCUT2D eigenvalue weighted by molar-refractivity contribution is 7.86. The Bertz CT molecular complexity index is 623. The molecule has 0 saturated carbocycles. The first kappa shape index (κ1) is 16.4. The van der Waals surface area contributed by atoms with Crippen LogP contribution in [0.2, 0.25) is 0 Å². The molecular formula is C12H18N2O5S. The minimum absolute atomic E-state index is 0.130. The molecule has 0 aliphatic rings. The molecule has 1 aromatic rings. The van der Waals surface area contributed by atoms with Gasteiger partial charge in [0.05, 0.1) is 6.61 Å². The second-order valence-electron chi connectivity index (χ2n) is 4.16. The summed E-state index contributed by atoms with van der Waals surface area (Å²) in [5.41, 5.74) is 2.38. The van der Waals surface area contributed by atoms with E-state index in [-0.39, 0.29) is 12.4 Å². The lowest BCUT2D eigenvalue weighted by Gasteiger charge is -2.04. The van der Waals surface area contributed by atoms with Crippen LogP contribution in [0.15, 0.2) is 27.7 Å². The molecule has 0 atom stereocenters. The SMILES string of the molecule is C=C=CCS(=O)(=O)OCCCCCn1c(C)noc1=O. The largest absolute Gasteiger partial charge is 0.441 e. The molecule has 112 valence electrons. The van der Waals surface area contributed by atoms with E-state index in [1.807, 2.05) is 0 Å². The highest BCUT2D eigenvalue weighted by Crippen LogP contribution is 2.02. The van der Waals surface area contributed by atoms with Crippen LogP contribution in [0.5, 0.6) is 0 Å². The van der Waals surface area contributed by atoms with Gasteiger partial charge in [0.2, 0.25) is 0 Å². The minimum atomic E-state index is -3.53. The number of rotatable bonds is 9. The number of nitrogens with zero attached hydrogens (tertiary/aromatic N) is 2. The molecule has 0 aliphatic heterocycles. The summed E-state index contributed by atoms with van der Waals surface area (Å²) < 4.78 is 33.3. The number of unbranched alkanes of at least 4 members (excludes halogenated alkanes) is 2. The van der Waals surface area contributed by atoms with Crippen LogP contribution in [0.4, 0.5) is 0 Å². The Kier molecular flexibility index (Phi) is 6.44. The van der Waals surface area contributed by atoms with Gasteiger partial charge in [0.1, 0.15) is 5.75 Å². The molecule has 0 N–H and O–H groups in total. The standard InChI is InChI=1S/C12H18N2O5S/c1-3-4-10-20(16,17)18-9-7-5-6-8-14-11(2)13-19-12(14)15/h4H,1,5-10H2,2H3. The lowest BCUT2D eigenvalue weighted by Crippen LogP contribution is -2.16. The zero-order valence-corrected chi connectivity index (χ0v) is 12.2. The highest BCUT2D eigenvalue weighted by Gasteiger charge is 2.08. The summed E-state index contributed by atoms with van der Waals surface area (Å²) in [6, 6.07) is 0. The van der Waals surface area contributed by atoms with E-state index >= 15 is 0 Å². The quantitative estimate of drug-likeness (QED) is 0.384. The monoisotopic (exact) mass is 302 g/mol. The molecular weight excluding hydrogens is 284 g/mol. The fourth-order valence-electron chi connectivity index (χ4n) is 1.53. The van der Waals surface area contributed by atoms with Crippen LogP contribution in [0.25, 0.3) is 0 Å². The van der Waals surface area contributed by atoms with Gasteiger partial charge >= 0.3 is 5.76 Å². The Morgan fingerprint density at radius 3 is 2.80 bits per heavy atom. The van der Waals surface area contributed by atoms with Crippen molar-refractivity contribution in [2.75, 3.05) is 12.4 Å². The summed E-state index contributed by atoms with van der Waals surface area (Å²) in [5.74, 6) is -0.159. The van der Waals surface area contributed by atoms with Crippen molar-refractivity contribution in [2.45, 2.75) is 32.7 Å². The molecule has 7 nitrogen and oxygen atoms in total. The summed E-state index contributed by atoms with van der Waals surface area (Å²) in [6.45, 7) is 5.60. The molecule has 8 heteroatoms. The van der Waals surface area contributed by atoms with Crippen molar-refractivity contribution in [3.8, 4) is 0 Å². The van der Waals surface area contributed by atoms with Gasteiger partial charge in [-0.1, -0.05) is 11.7 Å². The molecule has 0 radical (unpaired) electrons. The van der Waals surface area contributed by atoms with Crippen LogP contribution in [0.3, 0.4) is 0 Å². The predicted molar refractivity (Wildman–Crippen MR) is 72.8 cm³/mol. The number of aromatic nitrogens is 2. The maximum absolute atomic E-state index is 11.3. The topological polar surface area (TPSA) is 91.4 Å². The third kappa shape index (κ3) is 5.56. The second kappa shape index (κ2) is 7.84. The molecule has 0 spiro atoms. The van der Waals surface area contributed by atoms with Crippen molar-refractivity contribution in [1.29, 1.82) is 0 Å². The first-order valence-corrected chi connectivity index (χ1v) is 7.78. The molecule has 20 heavy (non-hydrogen) atoms. The zero-order valence-electron chi connectivity index (χ0n) is 11.4. The van der Waals surface area contributed by atoms with E-state index in [2.05, 4.69) is 22.0 Å². The van der Waals surface area contributed by atoms with Gasteiger partial charge in [0, 0.05) is 6.54 Å². The maximum atomic E-state index is 11.3. The van der Waals surface area contributed by atoms with Crippen LogP contribution in [0.1, 0.15) is 25.1 Å². The second-order valence-corrected chi connectivity index (χ2v) is 5.85. The Morgan fingerprint density at radius 1 is 1.45 bits per heavy atom. The Morgan fingerprint density at radius 2 is 2.20 bits per heavy atom. The smallest absolute Gasteiger partial charge is 0.296 e. The minimum Gasteiger partial charge on any atom is -0.296 e. The van der Waals surface area contributed by atoms with Gasteiger partial charge in [-0.2, -0.15) is 8.42 Å². The molecule has 0 amide bonds. The third-order valence-electron chi connectivity index (χ3n) is 2.59. The van der Waals surface area contributed by atoms with Crippen molar-refractivity contribution in [3.63, 3.8) is 0 Å². The summed E-state index contributed by atoms with van der Waals surface area (Å²) in [5, 5.41) is 3.55. The van der Waals surface area contributed by atoms with Gasteiger partial charge in [-0.05, 0) is 32.3 Å². The molecule has 1 heterocycles. The van der Waals surface area contributed by atoms with E-state index in [0.29, 0.717) is 18.8 Å². The highest BCUT2D eigenvalue weighted by atomic mass is 32.2. The fraction of sp³-hybridized carbons (Fsp3) is 0.583. The van der Waals surface area contributed by atoms with Crippen molar-refractivity contribution in [1.82, 2.24) is 9.72 Å². The van der Waals surface area contributed by atoms with Gasteiger partial charge in [-0.3, -0.25) is 13.3 Å². The molecule has 0 fully saturated rings. The van der Waals surface area contributed by atoms with E-state index in [1.165, 1.54) is 10.6 Å². The third-order valence-corrected chi connectivity index (χ3v) is 3.69. The van der Waals surface area contributed by atoms with Crippen molar-refractivity contribution in [2.24, 2.45) is 0 Å². The van der Waals surface area contributed by atoms with Crippen molar-refractivity contribution < 1.29 is 17.1 Å². The van der Waals surface area contributed by atoms with Crippen LogP contribution < -0.4 is 5.76 Å². The van der Waals surface area contributed by atoms with Gasteiger partial charge in [0.15, 0.2) is 5.82 Å². The molecule has 0 unspecified atom stereocenters. The lowest BCUT2D eigenvalue weighted by atomic mass is 10.2. The number of aryl methyl sites for hydroxylation is 1. The number of hydrogen-bond acceptors (Lipinski definition) is 6. The Balaban J connectivity index is 2.20. The molecule has 0 aliphatic carbocycles. The first-order valence-electron chi connectivity index (χ1n) is 6.21. The predicted octanol–water partition coefficient (Wildman–Crippen LogP) is 1.00. The summed E-state index contributed by atoms with van der Waals surface area (Å²) >= 11 is 0. The van der Waals surface area contributed by atoms with E-state index < -0.39 is 15.9 Å². The molecule has 0 bridgehead atoms. The van der Waals surface area contributed by atoms with Crippen LogP contribution in [0, 0.1) is 6.92 Å². The van der Waals surface area contributed by atoms with Crippen LogP contribution >= 0.6 is 0 Å². The Labute approximate surface area is 117 Å². The average Bonchev–Trinajstić information content (AvgIpc) is 2.71.